The molecule has 0 fully saturated rings. The second kappa shape index (κ2) is 6.59. The molecule has 0 bridgehead atoms. The summed E-state index contributed by atoms with van der Waals surface area (Å²) in [5.74, 6) is 0. The van der Waals surface area contributed by atoms with Crippen LogP contribution >= 0.6 is 27.3 Å². The van der Waals surface area contributed by atoms with Gasteiger partial charge in [-0.15, -0.1) is 11.3 Å². The fourth-order valence-electron chi connectivity index (χ4n) is 1.48. The minimum atomic E-state index is 0.340. The summed E-state index contributed by atoms with van der Waals surface area (Å²) in [7, 11) is 0. The Morgan fingerprint density at radius 1 is 1.50 bits per heavy atom. The van der Waals surface area contributed by atoms with Crippen molar-refractivity contribution in [3.63, 3.8) is 0 Å². The highest BCUT2D eigenvalue weighted by atomic mass is 79.9. The molecule has 1 nitrogen and oxygen atoms in total. The molecule has 0 saturated carbocycles. The first kappa shape index (κ1) is 12.2. The normalized spacial score (nSPS) is 13.1. The van der Waals surface area contributed by atoms with Crippen molar-refractivity contribution in [3.8, 4) is 0 Å². The maximum absolute atomic E-state index is 6.05. The molecule has 1 aromatic heterocycles. The second-order valence-corrected chi connectivity index (χ2v) is 5.60. The molecule has 0 aromatic carbocycles. The van der Waals surface area contributed by atoms with Crippen molar-refractivity contribution in [1.29, 1.82) is 0 Å². The Kier molecular flexibility index (Phi) is 5.75. The molecule has 1 heterocycles. The Morgan fingerprint density at radius 3 is 2.86 bits per heavy atom. The molecular formula is C11H18BrNS. The molecule has 1 unspecified atom stereocenters. The smallest absolute Gasteiger partial charge is 0.0285 e. The lowest BCUT2D eigenvalue weighted by Gasteiger charge is -2.09. The van der Waals surface area contributed by atoms with Crippen LogP contribution < -0.4 is 5.73 Å². The largest absolute Gasteiger partial charge is 0.327 e. The van der Waals surface area contributed by atoms with E-state index in [1.165, 1.54) is 28.6 Å². The summed E-state index contributed by atoms with van der Waals surface area (Å²) in [6.07, 6.45) is 6.03. The van der Waals surface area contributed by atoms with E-state index in [0.717, 1.165) is 12.8 Å². The zero-order valence-corrected chi connectivity index (χ0v) is 11.0. The first-order chi connectivity index (χ1) is 6.72. The lowest BCUT2D eigenvalue weighted by molar-refractivity contribution is 0.560. The Balaban J connectivity index is 2.23. The van der Waals surface area contributed by atoms with Crippen molar-refractivity contribution in [2.45, 2.75) is 45.1 Å². The third-order valence-electron chi connectivity index (χ3n) is 2.26. The average Bonchev–Trinajstić information content (AvgIpc) is 2.52. The van der Waals surface area contributed by atoms with Gasteiger partial charge in [0.05, 0.1) is 0 Å². The summed E-state index contributed by atoms with van der Waals surface area (Å²) in [6.45, 7) is 2.22. The first-order valence-corrected chi connectivity index (χ1v) is 6.88. The summed E-state index contributed by atoms with van der Waals surface area (Å²) in [6, 6.07) is 2.51. The zero-order chi connectivity index (χ0) is 10.4. The van der Waals surface area contributed by atoms with Crippen molar-refractivity contribution >= 4 is 27.3 Å². The number of nitrogens with two attached hydrogens (primary N) is 1. The maximum atomic E-state index is 6.05. The molecule has 1 atom stereocenters. The van der Waals surface area contributed by atoms with E-state index < -0.39 is 0 Å². The number of thiophene rings is 1. The quantitative estimate of drug-likeness (QED) is 0.782. The summed E-state index contributed by atoms with van der Waals surface area (Å²) < 4.78 is 1.18. The molecule has 0 aliphatic heterocycles. The van der Waals surface area contributed by atoms with Crippen LogP contribution in [0.25, 0.3) is 0 Å². The highest BCUT2D eigenvalue weighted by Crippen LogP contribution is 2.21. The third kappa shape index (κ3) is 4.58. The molecule has 0 spiro atoms. The van der Waals surface area contributed by atoms with E-state index >= 15 is 0 Å². The first-order valence-electron chi connectivity index (χ1n) is 5.21. The van der Waals surface area contributed by atoms with Crippen molar-refractivity contribution in [2.75, 3.05) is 0 Å². The molecule has 2 N–H and O–H groups in total. The van der Waals surface area contributed by atoms with Crippen LogP contribution in [0, 0.1) is 0 Å². The highest BCUT2D eigenvalue weighted by molar-refractivity contribution is 9.10. The van der Waals surface area contributed by atoms with Crippen molar-refractivity contribution in [3.05, 3.63) is 20.8 Å². The number of hydrogen-bond donors (Lipinski definition) is 1. The van der Waals surface area contributed by atoms with Crippen molar-refractivity contribution in [2.24, 2.45) is 5.73 Å². The summed E-state index contributed by atoms with van der Waals surface area (Å²) >= 11 is 5.25. The van der Waals surface area contributed by atoms with E-state index in [9.17, 15) is 0 Å². The van der Waals surface area contributed by atoms with Crippen LogP contribution in [0.5, 0.6) is 0 Å². The van der Waals surface area contributed by atoms with Gasteiger partial charge < -0.3 is 5.73 Å². The summed E-state index contributed by atoms with van der Waals surface area (Å²) in [5.41, 5.74) is 6.05. The van der Waals surface area contributed by atoms with Gasteiger partial charge in [-0.25, -0.2) is 0 Å². The van der Waals surface area contributed by atoms with Crippen LogP contribution in [0.1, 0.15) is 37.5 Å². The van der Waals surface area contributed by atoms with E-state index in [4.69, 9.17) is 5.73 Å². The van der Waals surface area contributed by atoms with Gasteiger partial charge in [0.15, 0.2) is 0 Å². The fourth-order valence-corrected chi connectivity index (χ4v) is 3.02. The molecular weight excluding hydrogens is 258 g/mol. The molecule has 0 radical (unpaired) electrons. The lowest BCUT2D eigenvalue weighted by atomic mass is 10.1. The van der Waals surface area contributed by atoms with Crippen molar-refractivity contribution in [1.82, 2.24) is 0 Å². The van der Waals surface area contributed by atoms with Gasteiger partial charge in [-0.2, -0.15) is 0 Å². The SMILES string of the molecule is CCCCCC(N)Cc1cc(Br)cs1. The van der Waals surface area contributed by atoms with E-state index in [2.05, 4.69) is 34.3 Å². The predicted octanol–water partition coefficient (Wildman–Crippen LogP) is 3.96. The van der Waals surface area contributed by atoms with Gasteiger partial charge in [0, 0.05) is 20.8 Å². The van der Waals surface area contributed by atoms with Crippen LogP contribution in [-0.4, -0.2) is 6.04 Å². The molecule has 0 saturated heterocycles. The Morgan fingerprint density at radius 2 is 2.29 bits per heavy atom. The van der Waals surface area contributed by atoms with Gasteiger partial charge in [0.25, 0.3) is 0 Å². The Bertz CT molecular complexity index is 260. The van der Waals surface area contributed by atoms with Crippen molar-refractivity contribution < 1.29 is 0 Å². The predicted molar refractivity (Wildman–Crippen MR) is 67.8 cm³/mol. The molecule has 0 aliphatic rings. The number of hydrogen-bond acceptors (Lipinski definition) is 2. The van der Waals surface area contributed by atoms with Gasteiger partial charge in [0.1, 0.15) is 0 Å². The second-order valence-electron chi connectivity index (χ2n) is 3.69. The number of halogens is 1. The lowest BCUT2D eigenvalue weighted by Crippen LogP contribution is -2.22. The summed E-state index contributed by atoms with van der Waals surface area (Å²) in [5, 5.41) is 2.12. The van der Waals surface area contributed by atoms with Crippen LogP contribution in [0.15, 0.2) is 15.9 Å². The maximum Gasteiger partial charge on any atom is 0.0285 e. The molecule has 80 valence electrons. The van der Waals surface area contributed by atoms with Gasteiger partial charge in [-0.1, -0.05) is 26.2 Å². The van der Waals surface area contributed by atoms with Crippen LogP contribution in [-0.2, 0) is 6.42 Å². The highest BCUT2D eigenvalue weighted by Gasteiger charge is 2.05. The Hall–Kier alpha value is 0.140. The van der Waals surface area contributed by atoms with Gasteiger partial charge in [-0.05, 0) is 34.8 Å². The fraction of sp³-hybridized carbons (Fsp3) is 0.636. The van der Waals surface area contributed by atoms with Gasteiger partial charge in [0.2, 0.25) is 0 Å². The monoisotopic (exact) mass is 275 g/mol. The zero-order valence-electron chi connectivity index (χ0n) is 8.63. The van der Waals surface area contributed by atoms with E-state index in [0.29, 0.717) is 6.04 Å². The molecule has 3 heteroatoms. The standard InChI is InChI=1S/C11H18BrNS/c1-2-3-4-5-10(13)7-11-6-9(12)8-14-11/h6,8,10H,2-5,7,13H2,1H3. The van der Waals surface area contributed by atoms with E-state index in [-0.39, 0.29) is 0 Å². The van der Waals surface area contributed by atoms with E-state index in [1.807, 2.05) is 0 Å². The minimum Gasteiger partial charge on any atom is -0.327 e. The Labute approximate surface area is 98.8 Å². The van der Waals surface area contributed by atoms with Crippen LogP contribution in [0.2, 0.25) is 0 Å². The molecule has 0 aliphatic carbocycles. The van der Waals surface area contributed by atoms with Crippen LogP contribution in [0.3, 0.4) is 0 Å². The minimum absolute atomic E-state index is 0.340. The summed E-state index contributed by atoms with van der Waals surface area (Å²) in [4.78, 5) is 1.39. The molecule has 0 amide bonds. The molecule has 14 heavy (non-hydrogen) atoms. The average molecular weight is 276 g/mol. The van der Waals surface area contributed by atoms with E-state index in [1.54, 1.807) is 11.3 Å². The van der Waals surface area contributed by atoms with Gasteiger partial charge in [-0.3, -0.25) is 0 Å². The molecule has 1 rings (SSSR count). The topological polar surface area (TPSA) is 26.0 Å². The number of unbranched alkanes of at least 4 members (excludes halogenated alkanes) is 2. The molecule has 1 aromatic rings. The third-order valence-corrected chi connectivity index (χ3v) is 3.98. The van der Waals surface area contributed by atoms with Crippen LogP contribution in [0.4, 0.5) is 0 Å². The number of rotatable bonds is 6. The van der Waals surface area contributed by atoms with Gasteiger partial charge >= 0.3 is 0 Å².